The first kappa shape index (κ1) is 17.3. The van der Waals surface area contributed by atoms with Gasteiger partial charge in [0.15, 0.2) is 11.6 Å². The maximum atomic E-state index is 13.3. The van der Waals surface area contributed by atoms with E-state index in [4.69, 9.17) is 28.9 Å². The fourth-order valence-corrected chi connectivity index (χ4v) is 2.53. The van der Waals surface area contributed by atoms with Gasteiger partial charge in [0.05, 0.1) is 5.02 Å². The lowest BCUT2D eigenvalue weighted by atomic mass is 10.2. The van der Waals surface area contributed by atoms with Gasteiger partial charge in [0.1, 0.15) is 17.8 Å². The largest absolute Gasteiger partial charge is 0.393 e. The zero-order valence-electron chi connectivity index (χ0n) is 13.1. The first-order valence-corrected chi connectivity index (χ1v) is 8.06. The highest BCUT2D eigenvalue weighted by atomic mass is 35.5. The molecule has 3 aromatic rings. The molecule has 0 aliphatic heterocycles. The minimum atomic E-state index is -0.498. The summed E-state index contributed by atoms with van der Waals surface area (Å²) < 4.78 is 13.3. The molecule has 1 heterocycles. The molecule has 0 aliphatic carbocycles. The third kappa shape index (κ3) is 3.75. The van der Waals surface area contributed by atoms with Gasteiger partial charge in [-0.3, -0.25) is 0 Å². The Morgan fingerprint density at radius 1 is 1.00 bits per heavy atom. The van der Waals surface area contributed by atoms with Crippen molar-refractivity contribution in [3.05, 3.63) is 64.2 Å². The number of halogens is 3. The zero-order valence-corrected chi connectivity index (χ0v) is 14.7. The van der Waals surface area contributed by atoms with Crippen molar-refractivity contribution in [3.63, 3.8) is 0 Å². The lowest BCUT2D eigenvalue weighted by Gasteiger charge is -2.14. The molecule has 0 aliphatic rings. The van der Waals surface area contributed by atoms with E-state index in [2.05, 4.69) is 20.6 Å². The van der Waals surface area contributed by atoms with Crippen molar-refractivity contribution in [3.8, 4) is 0 Å². The van der Waals surface area contributed by atoms with Crippen LogP contribution in [0.5, 0.6) is 0 Å². The van der Waals surface area contributed by atoms with Crippen molar-refractivity contribution in [1.82, 2.24) is 9.97 Å². The average Bonchev–Trinajstić information content (AvgIpc) is 2.59. The summed E-state index contributed by atoms with van der Waals surface area (Å²) in [6.45, 7) is 1.89. The van der Waals surface area contributed by atoms with Gasteiger partial charge in [-0.1, -0.05) is 29.3 Å². The highest BCUT2D eigenvalue weighted by molar-refractivity contribution is 6.31. The van der Waals surface area contributed by atoms with Crippen LogP contribution >= 0.6 is 23.2 Å². The van der Waals surface area contributed by atoms with Crippen molar-refractivity contribution >= 4 is 51.9 Å². The number of nitrogen functional groups attached to an aromatic ring is 1. The molecule has 1 aromatic heterocycles. The number of nitrogens with one attached hydrogen (secondary N) is 2. The van der Waals surface area contributed by atoms with Crippen LogP contribution < -0.4 is 16.4 Å². The second-order valence-electron chi connectivity index (χ2n) is 5.28. The molecule has 0 atom stereocenters. The standard InChI is InChI=1S/C17H14Cl2FN5/c1-9-11(18)3-2-4-14(9)25-17-15(21)16(22-8-23-17)24-10-5-6-13(20)12(19)7-10/h2-8H,21H2,1H3,(H2,22,23,24,25). The van der Waals surface area contributed by atoms with Gasteiger partial charge in [0.2, 0.25) is 0 Å². The zero-order chi connectivity index (χ0) is 18.0. The monoisotopic (exact) mass is 377 g/mol. The molecule has 128 valence electrons. The van der Waals surface area contributed by atoms with Crippen LogP contribution in [0.4, 0.5) is 33.1 Å². The summed E-state index contributed by atoms with van der Waals surface area (Å²) >= 11 is 11.9. The lowest BCUT2D eigenvalue weighted by molar-refractivity contribution is 0.628. The second-order valence-corrected chi connectivity index (χ2v) is 6.09. The number of hydrogen-bond acceptors (Lipinski definition) is 5. The van der Waals surface area contributed by atoms with Crippen molar-refractivity contribution in [1.29, 1.82) is 0 Å². The summed E-state index contributed by atoms with van der Waals surface area (Å²) in [5.41, 5.74) is 8.67. The smallest absolute Gasteiger partial charge is 0.159 e. The van der Waals surface area contributed by atoms with E-state index < -0.39 is 5.82 Å². The Bertz CT molecular complexity index is 933. The minimum Gasteiger partial charge on any atom is -0.393 e. The molecule has 3 rings (SSSR count). The molecule has 0 bridgehead atoms. The van der Waals surface area contributed by atoms with Crippen molar-refractivity contribution in [2.75, 3.05) is 16.4 Å². The fourth-order valence-electron chi connectivity index (χ4n) is 2.18. The molecule has 0 saturated heterocycles. The highest BCUT2D eigenvalue weighted by Gasteiger charge is 2.11. The number of anilines is 5. The highest BCUT2D eigenvalue weighted by Crippen LogP contribution is 2.31. The normalized spacial score (nSPS) is 10.6. The summed E-state index contributed by atoms with van der Waals surface area (Å²) in [4.78, 5) is 8.28. The topological polar surface area (TPSA) is 75.9 Å². The number of aromatic nitrogens is 2. The predicted octanol–water partition coefficient (Wildman–Crippen LogP) is 5.30. The van der Waals surface area contributed by atoms with E-state index in [1.165, 1.54) is 24.5 Å². The molecule has 4 N–H and O–H groups in total. The minimum absolute atomic E-state index is 0.00512. The van der Waals surface area contributed by atoms with E-state index in [9.17, 15) is 4.39 Å². The molecule has 0 saturated carbocycles. The molecule has 0 spiro atoms. The van der Waals surface area contributed by atoms with Gasteiger partial charge < -0.3 is 16.4 Å². The van der Waals surface area contributed by atoms with Crippen LogP contribution in [0.1, 0.15) is 5.56 Å². The summed E-state index contributed by atoms with van der Waals surface area (Å²) in [6, 6.07) is 9.75. The summed E-state index contributed by atoms with van der Waals surface area (Å²) in [7, 11) is 0. The predicted molar refractivity (Wildman–Crippen MR) is 101 cm³/mol. The third-order valence-electron chi connectivity index (χ3n) is 3.59. The Morgan fingerprint density at radius 2 is 1.72 bits per heavy atom. The Morgan fingerprint density at radius 3 is 2.44 bits per heavy atom. The first-order valence-electron chi connectivity index (χ1n) is 7.30. The van der Waals surface area contributed by atoms with Crippen molar-refractivity contribution in [2.24, 2.45) is 0 Å². The van der Waals surface area contributed by atoms with Gasteiger partial charge in [0, 0.05) is 16.4 Å². The second kappa shape index (κ2) is 7.13. The number of hydrogen-bond donors (Lipinski definition) is 3. The molecular formula is C17H14Cl2FN5. The molecule has 25 heavy (non-hydrogen) atoms. The summed E-state index contributed by atoms with van der Waals surface area (Å²) in [6.07, 6.45) is 1.37. The van der Waals surface area contributed by atoms with E-state index >= 15 is 0 Å². The summed E-state index contributed by atoms with van der Waals surface area (Å²) in [5.74, 6) is 0.303. The van der Waals surface area contributed by atoms with E-state index in [0.717, 1.165) is 11.3 Å². The summed E-state index contributed by atoms with van der Waals surface area (Å²) in [5, 5.41) is 6.78. The molecule has 0 fully saturated rings. The van der Waals surface area contributed by atoms with Crippen LogP contribution in [-0.2, 0) is 0 Å². The van der Waals surface area contributed by atoms with Gasteiger partial charge in [-0.05, 0) is 42.8 Å². The van der Waals surface area contributed by atoms with E-state index in [1.807, 2.05) is 19.1 Å². The van der Waals surface area contributed by atoms with Crippen LogP contribution in [-0.4, -0.2) is 9.97 Å². The molecule has 8 heteroatoms. The van der Waals surface area contributed by atoms with Crippen LogP contribution in [0.3, 0.4) is 0 Å². The van der Waals surface area contributed by atoms with Crippen LogP contribution in [0.2, 0.25) is 10.0 Å². The van der Waals surface area contributed by atoms with E-state index in [-0.39, 0.29) is 5.02 Å². The molecule has 0 amide bonds. The average molecular weight is 378 g/mol. The maximum absolute atomic E-state index is 13.3. The van der Waals surface area contributed by atoms with E-state index in [1.54, 1.807) is 6.07 Å². The Kier molecular flexibility index (Phi) is 4.92. The number of benzene rings is 2. The fraction of sp³-hybridized carbons (Fsp3) is 0.0588. The van der Waals surface area contributed by atoms with Gasteiger partial charge in [-0.25, -0.2) is 14.4 Å². The Hall–Kier alpha value is -2.57. The van der Waals surface area contributed by atoms with Gasteiger partial charge >= 0.3 is 0 Å². The Labute approximate surface area is 154 Å². The van der Waals surface area contributed by atoms with Crippen molar-refractivity contribution in [2.45, 2.75) is 6.92 Å². The maximum Gasteiger partial charge on any atom is 0.159 e. The van der Waals surface area contributed by atoms with Crippen molar-refractivity contribution < 1.29 is 4.39 Å². The van der Waals surface area contributed by atoms with Gasteiger partial charge in [-0.2, -0.15) is 0 Å². The van der Waals surface area contributed by atoms with Crippen LogP contribution in [0.15, 0.2) is 42.7 Å². The molecule has 0 radical (unpaired) electrons. The number of nitrogens with zero attached hydrogens (tertiary/aromatic N) is 2. The lowest BCUT2D eigenvalue weighted by Crippen LogP contribution is -2.06. The third-order valence-corrected chi connectivity index (χ3v) is 4.29. The van der Waals surface area contributed by atoms with Gasteiger partial charge in [0.25, 0.3) is 0 Å². The van der Waals surface area contributed by atoms with Crippen LogP contribution in [0, 0.1) is 12.7 Å². The molecular weight excluding hydrogens is 364 g/mol. The SMILES string of the molecule is Cc1c(Cl)cccc1Nc1ncnc(Nc2ccc(F)c(Cl)c2)c1N. The molecule has 2 aromatic carbocycles. The number of rotatable bonds is 4. The van der Waals surface area contributed by atoms with Crippen LogP contribution in [0.25, 0.3) is 0 Å². The Balaban J connectivity index is 1.89. The quantitative estimate of drug-likeness (QED) is 0.574. The number of nitrogens with two attached hydrogens (primary N) is 1. The van der Waals surface area contributed by atoms with E-state index in [0.29, 0.717) is 28.0 Å². The van der Waals surface area contributed by atoms with Gasteiger partial charge in [-0.15, -0.1) is 0 Å². The molecule has 0 unspecified atom stereocenters. The first-order chi connectivity index (χ1) is 12.0. The molecule has 5 nitrogen and oxygen atoms in total.